The molecular formula is C28H30N4O4S. The second-order valence-corrected chi connectivity index (χ2v) is 9.45. The molecule has 0 radical (unpaired) electrons. The summed E-state index contributed by atoms with van der Waals surface area (Å²) in [4.78, 5) is 28.6. The summed E-state index contributed by atoms with van der Waals surface area (Å²) in [5.41, 5.74) is 4.27. The molecule has 0 atom stereocenters. The SMILES string of the molecule is COCCCN(CCO)C(=O)c1ccc(C=Cc2n[nH]c3ccccc23)c(NC(=O)c2sccc2C)c1. The number of hydrogen-bond donors (Lipinski definition) is 3. The zero-order valence-electron chi connectivity index (χ0n) is 20.9. The molecule has 0 bridgehead atoms. The van der Waals surface area contributed by atoms with E-state index in [9.17, 15) is 14.7 Å². The number of anilines is 1. The van der Waals surface area contributed by atoms with E-state index in [-0.39, 0.29) is 25.0 Å². The number of carbonyl (C=O) groups excluding carboxylic acids is 2. The van der Waals surface area contributed by atoms with Gasteiger partial charge >= 0.3 is 0 Å². The lowest BCUT2D eigenvalue weighted by molar-refractivity contribution is 0.0701. The van der Waals surface area contributed by atoms with Gasteiger partial charge in [0.2, 0.25) is 0 Å². The second-order valence-electron chi connectivity index (χ2n) is 8.54. The van der Waals surface area contributed by atoms with Crippen molar-refractivity contribution in [3.63, 3.8) is 0 Å². The molecule has 0 saturated carbocycles. The van der Waals surface area contributed by atoms with Crippen molar-refractivity contribution in [2.24, 2.45) is 0 Å². The zero-order chi connectivity index (χ0) is 26.2. The highest BCUT2D eigenvalue weighted by atomic mass is 32.1. The number of para-hydroxylation sites is 1. The van der Waals surface area contributed by atoms with Crippen molar-refractivity contribution in [1.29, 1.82) is 0 Å². The average Bonchev–Trinajstić information content (AvgIpc) is 3.53. The number of thiophene rings is 1. The van der Waals surface area contributed by atoms with Crippen molar-refractivity contribution >= 4 is 51.9 Å². The Labute approximate surface area is 219 Å². The number of ether oxygens (including phenoxy) is 1. The maximum Gasteiger partial charge on any atom is 0.266 e. The van der Waals surface area contributed by atoms with Gasteiger partial charge in [0.1, 0.15) is 0 Å². The number of aliphatic hydroxyl groups is 1. The highest BCUT2D eigenvalue weighted by Crippen LogP contribution is 2.25. The van der Waals surface area contributed by atoms with Crippen LogP contribution in [0.2, 0.25) is 0 Å². The Morgan fingerprint density at radius 1 is 1.16 bits per heavy atom. The van der Waals surface area contributed by atoms with E-state index < -0.39 is 0 Å². The number of rotatable bonds is 11. The van der Waals surface area contributed by atoms with Gasteiger partial charge in [0.15, 0.2) is 0 Å². The summed E-state index contributed by atoms with van der Waals surface area (Å²) in [6, 6.07) is 15.0. The van der Waals surface area contributed by atoms with E-state index in [0.717, 1.165) is 27.7 Å². The number of methoxy groups -OCH3 is 1. The van der Waals surface area contributed by atoms with E-state index in [2.05, 4.69) is 15.5 Å². The van der Waals surface area contributed by atoms with Gasteiger partial charge in [-0.25, -0.2) is 0 Å². The molecule has 0 aliphatic heterocycles. The Morgan fingerprint density at radius 2 is 2.00 bits per heavy atom. The normalized spacial score (nSPS) is 11.3. The standard InChI is InChI=1S/C28H30N4O4S/c1-19-12-17-37-26(19)27(34)29-25-18-21(28(35)32(14-15-33)13-5-16-36-2)9-8-20(25)10-11-24-22-6-3-4-7-23(22)30-31-24/h3-4,6-12,17-18,33H,5,13-16H2,1-2H3,(H,29,34)(H,30,31). The third kappa shape index (κ3) is 6.32. The van der Waals surface area contributed by atoms with Gasteiger partial charge in [0.05, 0.1) is 22.7 Å². The number of carbonyl (C=O) groups is 2. The topological polar surface area (TPSA) is 108 Å². The van der Waals surface area contributed by atoms with Crippen LogP contribution in [0.1, 0.15) is 43.3 Å². The Bertz CT molecular complexity index is 1410. The lowest BCUT2D eigenvalue weighted by Gasteiger charge is -2.22. The van der Waals surface area contributed by atoms with Crippen LogP contribution in [0.4, 0.5) is 5.69 Å². The maximum atomic E-state index is 13.3. The van der Waals surface area contributed by atoms with Gasteiger partial charge in [0.25, 0.3) is 11.8 Å². The fourth-order valence-electron chi connectivity index (χ4n) is 4.03. The molecule has 2 aromatic heterocycles. The van der Waals surface area contributed by atoms with E-state index in [1.165, 1.54) is 11.3 Å². The minimum absolute atomic E-state index is 0.140. The molecule has 2 aromatic carbocycles. The lowest BCUT2D eigenvalue weighted by Crippen LogP contribution is -2.35. The molecule has 0 aliphatic rings. The van der Waals surface area contributed by atoms with E-state index >= 15 is 0 Å². The molecule has 4 rings (SSSR count). The summed E-state index contributed by atoms with van der Waals surface area (Å²) in [6.45, 7) is 2.94. The van der Waals surface area contributed by atoms with E-state index in [1.807, 2.05) is 60.9 Å². The van der Waals surface area contributed by atoms with Crippen molar-refractivity contribution in [1.82, 2.24) is 15.1 Å². The first-order valence-electron chi connectivity index (χ1n) is 12.0. The molecule has 0 unspecified atom stereocenters. The number of aliphatic hydroxyl groups excluding tert-OH is 1. The fraction of sp³-hybridized carbons (Fsp3) is 0.250. The van der Waals surface area contributed by atoms with Crippen molar-refractivity contribution in [3.8, 4) is 0 Å². The number of nitrogens with one attached hydrogen (secondary N) is 2. The van der Waals surface area contributed by atoms with Crippen LogP contribution in [0.15, 0.2) is 53.9 Å². The summed E-state index contributed by atoms with van der Waals surface area (Å²) in [5, 5.41) is 22.7. The molecule has 3 N–H and O–H groups in total. The second kappa shape index (κ2) is 12.4. The molecule has 37 heavy (non-hydrogen) atoms. The van der Waals surface area contributed by atoms with Gasteiger partial charge in [-0.3, -0.25) is 14.7 Å². The molecule has 0 saturated heterocycles. The number of hydrogen-bond acceptors (Lipinski definition) is 6. The predicted octanol–water partition coefficient (Wildman–Crippen LogP) is 4.83. The van der Waals surface area contributed by atoms with Crippen LogP contribution >= 0.6 is 11.3 Å². The molecule has 8 nitrogen and oxygen atoms in total. The number of benzene rings is 2. The van der Waals surface area contributed by atoms with E-state index in [4.69, 9.17) is 4.74 Å². The molecule has 192 valence electrons. The Hall–Kier alpha value is -3.79. The first-order valence-corrected chi connectivity index (χ1v) is 12.9. The Balaban J connectivity index is 1.66. The fourth-order valence-corrected chi connectivity index (χ4v) is 4.85. The van der Waals surface area contributed by atoms with Crippen LogP contribution in [-0.4, -0.2) is 65.4 Å². The average molecular weight is 519 g/mol. The Kier molecular flexibility index (Phi) is 8.84. The maximum absolute atomic E-state index is 13.3. The van der Waals surface area contributed by atoms with Gasteiger partial charge in [-0.1, -0.05) is 30.3 Å². The number of amides is 2. The first-order chi connectivity index (χ1) is 18.0. The smallest absolute Gasteiger partial charge is 0.266 e. The van der Waals surface area contributed by atoms with Crippen molar-refractivity contribution in [3.05, 3.63) is 81.2 Å². The van der Waals surface area contributed by atoms with Crippen LogP contribution in [0.5, 0.6) is 0 Å². The number of H-pyrrole nitrogens is 1. The number of fused-ring (bicyclic) bond motifs is 1. The quantitative estimate of drug-likeness (QED) is 0.247. The highest BCUT2D eigenvalue weighted by Gasteiger charge is 2.18. The van der Waals surface area contributed by atoms with Gasteiger partial charge in [-0.05, 0) is 60.2 Å². The number of nitrogens with zero attached hydrogens (tertiary/aromatic N) is 2. The van der Waals surface area contributed by atoms with E-state index in [0.29, 0.717) is 35.7 Å². The van der Waals surface area contributed by atoms with Gasteiger partial charge in [0, 0.05) is 43.4 Å². The highest BCUT2D eigenvalue weighted by molar-refractivity contribution is 7.12. The summed E-state index contributed by atoms with van der Waals surface area (Å²) < 4.78 is 5.10. The predicted molar refractivity (Wildman–Crippen MR) is 148 cm³/mol. The van der Waals surface area contributed by atoms with Crippen molar-refractivity contribution in [2.45, 2.75) is 13.3 Å². The van der Waals surface area contributed by atoms with Crippen LogP contribution in [0.3, 0.4) is 0 Å². The molecule has 9 heteroatoms. The zero-order valence-corrected chi connectivity index (χ0v) is 21.7. The lowest BCUT2D eigenvalue weighted by atomic mass is 10.1. The van der Waals surface area contributed by atoms with E-state index in [1.54, 1.807) is 24.1 Å². The van der Waals surface area contributed by atoms with Crippen molar-refractivity contribution < 1.29 is 19.4 Å². The first kappa shape index (κ1) is 26.3. The third-order valence-electron chi connectivity index (χ3n) is 5.97. The molecule has 0 spiro atoms. The number of aromatic nitrogens is 2. The largest absolute Gasteiger partial charge is 0.395 e. The van der Waals surface area contributed by atoms with Gasteiger partial charge in [-0.15, -0.1) is 11.3 Å². The van der Waals surface area contributed by atoms with Crippen LogP contribution in [0.25, 0.3) is 23.1 Å². The minimum Gasteiger partial charge on any atom is -0.395 e. The van der Waals surface area contributed by atoms with Crippen LogP contribution in [-0.2, 0) is 4.74 Å². The summed E-state index contributed by atoms with van der Waals surface area (Å²) in [6.07, 6.45) is 4.41. The number of aryl methyl sites for hydroxylation is 1. The monoisotopic (exact) mass is 518 g/mol. The summed E-state index contributed by atoms with van der Waals surface area (Å²) in [5.74, 6) is -0.453. The molecule has 0 aliphatic carbocycles. The van der Waals surface area contributed by atoms with Crippen molar-refractivity contribution in [2.75, 3.05) is 38.7 Å². The molecule has 2 amide bonds. The molecule has 4 aromatic rings. The Morgan fingerprint density at radius 3 is 2.76 bits per heavy atom. The third-order valence-corrected chi connectivity index (χ3v) is 6.99. The summed E-state index contributed by atoms with van der Waals surface area (Å²) in [7, 11) is 1.61. The summed E-state index contributed by atoms with van der Waals surface area (Å²) >= 11 is 1.37. The van der Waals surface area contributed by atoms with Crippen LogP contribution < -0.4 is 5.32 Å². The number of aromatic amines is 1. The molecule has 2 heterocycles. The van der Waals surface area contributed by atoms with Crippen LogP contribution in [0, 0.1) is 6.92 Å². The molecule has 0 fully saturated rings. The minimum atomic E-state index is -0.232. The molecular weight excluding hydrogens is 488 g/mol. The van der Waals surface area contributed by atoms with Gasteiger partial charge in [-0.2, -0.15) is 5.10 Å². The van der Waals surface area contributed by atoms with Gasteiger partial charge < -0.3 is 20.1 Å².